The highest BCUT2D eigenvalue weighted by atomic mass is 28.4. The fraction of sp³-hybridized carbons (Fsp3) is 0.429. The van der Waals surface area contributed by atoms with Gasteiger partial charge in [0.25, 0.3) is 0 Å². The summed E-state index contributed by atoms with van der Waals surface area (Å²) in [5.41, 5.74) is 1.11. The van der Waals surface area contributed by atoms with Crippen molar-refractivity contribution in [1.82, 2.24) is 0 Å². The van der Waals surface area contributed by atoms with E-state index in [0.717, 1.165) is 11.3 Å². The van der Waals surface area contributed by atoms with Crippen molar-refractivity contribution < 1.29 is 8.85 Å². The molecule has 1 aromatic carbocycles. The van der Waals surface area contributed by atoms with Crippen LogP contribution in [0.1, 0.15) is 5.56 Å². The summed E-state index contributed by atoms with van der Waals surface area (Å²) in [6.07, 6.45) is 3.80. The lowest BCUT2D eigenvalue weighted by Gasteiger charge is -2.19. The molecule has 0 atom stereocenters. The summed E-state index contributed by atoms with van der Waals surface area (Å²) in [4.78, 5) is 0. The van der Waals surface area contributed by atoms with E-state index in [9.17, 15) is 0 Å². The molecule has 18 heavy (non-hydrogen) atoms. The van der Waals surface area contributed by atoms with Crippen molar-refractivity contribution >= 4 is 22.7 Å². The molecule has 1 rings (SSSR count). The average Bonchev–Trinajstić information content (AvgIpc) is 2.13. The molecule has 0 aromatic heterocycles. The standard InChI is InChI=1S/C14H24O2Si2/c1-17(2,3)15-11-10-13-8-7-9-14(12-13)16-18(4,5)6/h7-12H,1-6H3/b11-10+. The summed E-state index contributed by atoms with van der Waals surface area (Å²) in [5.74, 6) is 0.948. The average molecular weight is 281 g/mol. The van der Waals surface area contributed by atoms with E-state index in [0.29, 0.717) is 0 Å². The smallest absolute Gasteiger partial charge is 0.242 e. The van der Waals surface area contributed by atoms with Crippen LogP contribution in [0, 0.1) is 0 Å². The summed E-state index contributed by atoms with van der Waals surface area (Å²) in [5, 5.41) is 0. The van der Waals surface area contributed by atoms with E-state index in [-0.39, 0.29) is 0 Å². The van der Waals surface area contributed by atoms with Crippen molar-refractivity contribution in [2.45, 2.75) is 39.3 Å². The van der Waals surface area contributed by atoms with Crippen LogP contribution >= 0.6 is 0 Å². The van der Waals surface area contributed by atoms with Crippen LogP contribution in [0.4, 0.5) is 0 Å². The molecule has 0 fully saturated rings. The van der Waals surface area contributed by atoms with Crippen molar-refractivity contribution in [2.75, 3.05) is 0 Å². The van der Waals surface area contributed by atoms with E-state index in [1.165, 1.54) is 0 Å². The molecule has 0 saturated carbocycles. The maximum atomic E-state index is 5.96. The summed E-state index contributed by atoms with van der Waals surface area (Å²) >= 11 is 0. The number of rotatable bonds is 5. The molecule has 0 aliphatic rings. The van der Waals surface area contributed by atoms with E-state index >= 15 is 0 Å². The van der Waals surface area contributed by atoms with E-state index in [1.54, 1.807) is 6.26 Å². The summed E-state index contributed by atoms with van der Waals surface area (Å²) in [7, 11) is -3.00. The zero-order valence-electron chi connectivity index (χ0n) is 12.3. The van der Waals surface area contributed by atoms with E-state index in [4.69, 9.17) is 8.85 Å². The zero-order valence-corrected chi connectivity index (χ0v) is 14.3. The third kappa shape index (κ3) is 6.66. The first-order chi connectivity index (χ1) is 8.16. The summed E-state index contributed by atoms with van der Waals surface area (Å²) in [6, 6.07) is 8.14. The molecule has 2 nitrogen and oxygen atoms in total. The van der Waals surface area contributed by atoms with Crippen LogP contribution in [0.3, 0.4) is 0 Å². The highest BCUT2D eigenvalue weighted by molar-refractivity contribution is 6.70. The summed E-state index contributed by atoms with van der Waals surface area (Å²) in [6.45, 7) is 13.1. The first-order valence-electron chi connectivity index (χ1n) is 6.29. The number of benzene rings is 1. The molecule has 0 radical (unpaired) electrons. The predicted octanol–water partition coefficient (Wildman–Crippen LogP) is 4.72. The Morgan fingerprint density at radius 2 is 1.61 bits per heavy atom. The SMILES string of the molecule is C[Si](C)(C)O/C=C/c1cccc(O[Si](C)(C)C)c1. The lowest BCUT2D eigenvalue weighted by Crippen LogP contribution is -2.29. The van der Waals surface area contributed by atoms with Crippen LogP contribution in [0.2, 0.25) is 39.3 Å². The van der Waals surface area contributed by atoms with Crippen molar-refractivity contribution in [3.8, 4) is 5.75 Å². The van der Waals surface area contributed by atoms with Gasteiger partial charge in [-0.1, -0.05) is 12.1 Å². The third-order valence-corrected chi connectivity index (χ3v) is 3.66. The van der Waals surface area contributed by atoms with Crippen molar-refractivity contribution in [2.24, 2.45) is 0 Å². The molecule has 0 unspecified atom stereocenters. The van der Waals surface area contributed by atoms with Gasteiger partial charge in [-0.05, 0) is 63.1 Å². The van der Waals surface area contributed by atoms with E-state index < -0.39 is 16.6 Å². The second-order valence-electron chi connectivity index (χ2n) is 6.32. The van der Waals surface area contributed by atoms with Crippen molar-refractivity contribution in [3.05, 3.63) is 36.1 Å². The van der Waals surface area contributed by atoms with Gasteiger partial charge in [0.2, 0.25) is 16.6 Å². The first-order valence-corrected chi connectivity index (χ1v) is 13.1. The van der Waals surface area contributed by atoms with Gasteiger partial charge >= 0.3 is 0 Å². The van der Waals surface area contributed by atoms with Gasteiger partial charge < -0.3 is 8.85 Å². The third-order valence-electron chi connectivity index (χ3n) is 1.96. The van der Waals surface area contributed by atoms with Crippen LogP contribution in [0.15, 0.2) is 30.5 Å². The topological polar surface area (TPSA) is 18.5 Å². The predicted molar refractivity (Wildman–Crippen MR) is 83.9 cm³/mol. The zero-order chi connectivity index (χ0) is 13.8. The molecule has 0 saturated heterocycles. The molecular formula is C14H24O2Si2. The van der Waals surface area contributed by atoms with E-state index in [1.807, 2.05) is 18.2 Å². The maximum absolute atomic E-state index is 5.96. The minimum Gasteiger partial charge on any atom is -0.550 e. The molecule has 4 heteroatoms. The Morgan fingerprint density at radius 1 is 0.944 bits per heavy atom. The molecule has 0 amide bonds. The molecular weight excluding hydrogens is 256 g/mol. The van der Waals surface area contributed by atoms with Gasteiger partial charge in [-0.2, -0.15) is 0 Å². The highest BCUT2D eigenvalue weighted by Gasteiger charge is 2.16. The normalized spacial score (nSPS) is 12.8. The molecule has 0 N–H and O–H groups in total. The number of hydrogen-bond acceptors (Lipinski definition) is 2. The van der Waals surface area contributed by atoms with Gasteiger partial charge in [-0.3, -0.25) is 0 Å². The first kappa shape index (κ1) is 15.1. The van der Waals surface area contributed by atoms with Gasteiger partial charge in [0, 0.05) is 0 Å². The Hall–Kier alpha value is -1.01. The fourth-order valence-electron chi connectivity index (χ4n) is 1.35. The molecule has 1 aromatic rings. The highest BCUT2D eigenvalue weighted by Crippen LogP contribution is 2.18. The molecule has 0 spiro atoms. The quantitative estimate of drug-likeness (QED) is 0.574. The van der Waals surface area contributed by atoms with Gasteiger partial charge in [0.15, 0.2) is 0 Å². The minimum absolute atomic E-state index is 0.948. The Bertz CT molecular complexity index is 415. The lowest BCUT2D eigenvalue weighted by molar-refractivity contribution is 0.483. The fourth-order valence-corrected chi connectivity index (χ4v) is 2.66. The number of hydrogen-bond donors (Lipinski definition) is 0. The van der Waals surface area contributed by atoms with Crippen LogP contribution in [0.25, 0.3) is 6.08 Å². The monoisotopic (exact) mass is 280 g/mol. The largest absolute Gasteiger partial charge is 0.550 e. The van der Waals surface area contributed by atoms with Crippen LogP contribution in [0.5, 0.6) is 5.75 Å². The Labute approximate surface area is 113 Å². The summed E-state index contributed by atoms with van der Waals surface area (Å²) < 4.78 is 11.7. The second kappa shape index (κ2) is 5.76. The van der Waals surface area contributed by atoms with E-state index in [2.05, 4.69) is 51.4 Å². The van der Waals surface area contributed by atoms with Gasteiger partial charge in [0.1, 0.15) is 5.75 Å². The maximum Gasteiger partial charge on any atom is 0.242 e. The molecule has 0 bridgehead atoms. The van der Waals surface area contributed by atoms with Crippen molar-refractivity contribution in [1.29, 1.82) is 0 Å². The van der Waals surface area contributed by atoms with Gasteiger partial charge in [0.05, 0.1) is 6.26 Å². The van der Waals surface area contributed by atoms with Crippen LogP contribution in [-0.4, -0.2) is 16.6 Å². The molecule has 0 aliphatic carbocycles. The van der Waals surface area contributed by atoms with Crippen molar-refractivity contribution in [3.63, 3.8) is 0 Å². The lowest BCUT2D eigenvalue weighted by atomic mass is 10.2. The Kier molecular flexibility index (Phi) is 4.81. The molecule has 100 valence electrons. The van der Waals surface area contributed by atoms with Gasteiger partial charge in [-0.25, -0.2) is 0 Å². The van der Waals surface area contributed by atoms with Crippen LogP contribution < -0.4 is 4.43 Å². The van der Waals surface area contributed by atoms with Crippen LogP contribution in [-0.2, 0) is 4.43 Å². The Balaban J connectivity index is 2.71. The second-order valence-corrected chi connectivity index (χ2v) is 15.2. The van der Waals surface area contributed by atoms with Gasteiger partial charge in [-0.15, -0.1) is 0 Å². The minimum atomic E-state index is -1.53. The Morgan fingerprint density at radius 3 is 2.17 bits per heavy atom. The molecule has 0 heterocycles. The molecule has 0 aliphatic heterocycles.